The van der Waals surface area contributed by atoms with Crippen LogP contribution in [-0.2, 0) is 6.42 Å². The molecular weight excluding hydrogens is 389 g/mol. The Morgan fingerprint density at radius 2 is 2.10 bits per heavy atom. The molecule has 0 amide bonds. The Kier molecular flexibility index (Phi) is 3.98. The summed E-state index contributed by atoms with van der Waals surface area (Å²) in [7, 11) is 0. The van der Waals surface area contributed by atoms with Crippen LogP contribution in [0.5, 0.6) is 5.75 Å². The summed E-state index contributed by atoms with van der Waals surface area (Å²) in [6.07, 6.45) is 0.846. The zero-order valence-electron chi connectivity index (χ0n) is 10.5. The first-order chi connectivity index (χ1) is 9.63. The van der Waals surface area contributed by atoms with Crippen LogP contribution in [0.25, 0.3) is 0 Å². The van der Waals surface area contributed by atoms with Gasteiger partial charge in [0.05, 0.1) is 12.2 Å². The van der Waals surface area contributed by atoms with Gasteiger partial charge in [0.25, 0.3) is 0 Å². The normalized spacial score (nSPS) is 16.6. The van der Waals surface area contributed by atoms with E-state index in [1.54, 1.807) is 6.07 Å². The van der Waals surface area contributed by atoms with Gasteiger partial charge in [-0.1, -0.05) is 22.0 Å². The smallest absolute Gasteiger partial charge is 0.147 e. The van der Waals surface area contributed by atoms with Crippen molar-refractivity contribution < 1.29 is 9.13 Å². The summed E-state index contributed by atoms with van der Waals surface area (Å²) >= 11 is 6.80. The maximum Gasteiger partial charge on any atom is 0.147 e. The number of ether oxygens (including phenoxy) is 1. The van der Waals surface area contributed by atoms with Gasteiger partial charge < -0.3 is 10.1 Å². The van der Waals surface area contributed by atoms with E-state index in [0.717, 1.165) is 21.1 Å². The lowest BCUT2D eigenvalue weighted by molar-refractivity contribution is 0.246. The van der Waals surface area contributed by atoms with Crippen molar-refractivity contribution in [1.82, 2.24) is 0 Å². The molecule has 0 aromatic heterocycles. The van der Waals surface area contributed by atoms with Crippen LogP contribution >= 0.6 is 31.9 Å². The van der Waals surface area contributed by atoms with E-state index in [4.69, 9.17) is 4.74 Å². The fourth-order valence-electron chi connectivity index (χ4n) is 2.29. The van der Waals surface area contributed by atoms with Gasteiger partial charge in [-0.3, -0.25) is 0 Å². The lowest BCUT2D eigenvalue weighted by Crippen LogP contribution is -2.24. The summed E-state index contributed by atoms with van der Waals surface area (Å²) in [5.41, 5.74) is 1.66. The second kappa shape index (κ2) is 5.74. The van der Waals surface area contributed by atoms with E-state index in [2.05, 4.69) is 43.2 Å². The molecule has 0 radical (unpaired) electrons. The lowest BCUT2D eigenvalue weighted by atomic mass is 10.1. The van der Waals surface area contributed by atoms with E-state index in [-0.39, 0.29) is 11.9 Å². The Balaban J connectivity index is 1.67. The number of fused-ring (bicyclic) bond motifs is 1. The second-order valence-corrected chi connectivity index (χ2v) is 6.44. The van der Waals surface area contributed by atoms with Gasteiger partial charge in [-0.25, -0.2) is 4.39 Å². The zero-order valence-corrected chi connectivity index (χ0v) is 13.7. The Hall–Kier alpha value is -1.07. The zero-order chi connectivity index (χ0) is 14.1. The van der Waals surface area contributed by atoms with Crippen molar-refractivity contribution in [3.05, 3.63) is 56.7 Å². The summed E-state index contributed by atoms with van der Waals surface area (Å²) in [5.74, 6) is 0.644. The van der Waals surface area contributed by atoms with E-state index in [1.165, 1.54) is 11.6 Å². The molecule has 2 nitrogen and oxygen atoms in total. The highest BCUT2D eigenvalue weighted by Crippen LogP contribution is 2.32. The number of hydrogen-bond donors (Lipinski definition) is 1. The minimum Gasteiger partial charge on any atom is -0.488 e. The second-order valence-electron chi connectivity index (χ2n) is 4.67. The third-order valence-corrected chi connectivity index (χ3v) is 4.39. The van der Waals surface area contributed by atoms with Gasteiger partial charge in [0, 0.05) is 15.4 Å². The summed E-state index contributed by atoms with van der Waals surface area (Å²) in [5, 5.41) is 3.11. The van der Waals surface area contributed by atoms with E-state index >= 15 is 0 Å². The van der Waals surface area contributed by atoms with E-state index < -0.39 is 0 Å². The molecule has 2 aromatic rings. The Bertz CT molecular complexity index is 628. The van der Waals surface area contributed by atoms with Gasteiger partial charge in [0.1, 0.15) is 17.7 Å². The molecule has 1 aliphatic heterocycles. The molecule has 0 saturated heterocycles. The number of hydrogen-bond acceptors (Lipinski definition) is 2. The van der Waals surface area contributed by atoms with Crippen molar-refractivity contribution in [3.8, 4) is 5.75 Å². The number of para-hydroxylation sites is 1. The van der Waals surface area contributed by atoms with Gasteiger partial charge in [0.2, 0.25) is 0 Å². The topological polar surface area (TPSA) is 21.3 Å². The Morgan fingerprint density at radius 3 is 2.90 bits per heavy atom. The standard InChI is InChI=1S/C15H12Br2FNO/c16-10-4-5-14-9(6-10)7-11(20-14)8-19-15-12(17)2-1-3-13(15)18/h1-6,11,19H,7-8H2. The van der Waals surface area contributed by atoms with Crippen molar-refractivity contribution in [3.63, 3.8) is 0 Å². The Labute approximate surface area is 133 Å². The number of benzene rings is 2. The molecule has 2 aromatic carbocycles. The molecule has 0 fully saturated rings. The molecule has 0 aliphatic carbocycles. The fraction of sp³-hybridized carbons (Fsp3) is 0.200. The van der Waals surface area contributed by atoms with Crippen molar-refractivity contribution in [2.24, 2.45) is 0 Å². The quantitative estimate of drug-likeness (QED) is 0.801. The highest BCUT2D eigenvalue weighted by atomic mass is 79.9. The molecule has 104 valence electrons. The van der Waals surface area contributed by atoms with Crippen molar-refractivity contribution >= 4 is 37.5 Å². The molecule has 1 atom stereocenters. The van der Waals surface area contributed by atoms with Gasteiger partial charge in [-0.15, -0.1) is 0 Å². The van der Waals surface area contributed by atoms with Crippen LogP contribution in [0.15, 0.2) is 45.3 Å². The number of halogens is 3. The summed E-state index contributed by atoms with van der Waals surface area (Å²) < 4.78 is 21.3. The first-order valence-corrected chi connectivity index (χ1v) is 7.85. The highest BCUT2D eigenvalue weighted by Gasteiger charge is 2.23. The fourth-order valence-corrected chi connectivity index (χ4v) is 3.18. The maximum atomic E-state index is 13.7. The number of anilines is 1. The summed E-state index contributed by atoms with van der Waals surface area (Å²) in [6.45, 7) is 0.561. The predicted octanol–water partition coefficient (Wildman–Crippen LogP) is 4.77. The van der Waals surface area contributed by atoms with Gasteiger partial charge >= 0.3 is 0 Å². The maximum absolute atomic E-state index is 13.7. The molecule has 5 heteroatoms. The molecule has 3 rings (SSSR count). The first kappa shape index (κ1) is 13.9. The van der Waals surface area contributed by atoms with Crippen LogP contribution in [0, 0.1) is 5.82 Å². The summed E-state index contributed by atoms with van der Waals surface area (Å²) in [4.78, 5) is 0. The predicted molar refractivity (Wildman–Crippen MR) is 84.9 cm³/mol. The van der Waals surface area contributed by atoms with Crippen LogP contribution < -0.4 is 10.1 Å². The first-order valence-electron chi connectivity index (χ1n) is 6.26. The van der Waals surface area contributed by atoms with Crippen LogP contribution in [-0.4, -0.2) is 12.6 Å². The minimum absolute atomic E-state index is 0.0193. The summed E-state index contributed by atoms with van der Waals surface area (Å²) in [6, 6.07) is 10.9. The molecule has 1 heterocycles. The third kappa shape index (κ3) is 2.83. The average molecular weight is 401 g/mol. The lowest BCUT2D eigenvalue weighted by Gasteiger charge is -2.14. The molecule has 1 aliphatic rings. The Morgan fingerprint density at radius 1 is 1.25 bits per heavy atom. The molecule has 20 heavy (non-hydrogen) atoms. The third-order valence-electron chi connectivity index (χ3n) is 3.23. The minimum atomic E-state index is -0.266. The van der Waals surface area contributed by atoms with Crippen molar-refractivity contribution in [2.75, 3.05) is 11.9 Å². The van der Waals surface area contributed by atoms with Crippen LogP contribution in [0.2, 0.25) is 0 Å². The van der Waals surface area contributed by atoms with Crippen LogP contribution in [0.3, 0.4) is 0 Å². The van der Waals surface area contributed by atoms with Gasteiger partial charge in [-0.2, -0.15) is 0 Å². The molecule has 0 saturated carbocycles. The number of nitrogens with one attached hydrogen (secondary N) is 1. The molecule has 1 unspecified atom stereocenters. The molecular formula is C15H12Br2FNO. The number of rotatable bonds is 3. The van der Waals surface area contributed by atoms with E-state index in [1.807, 2.05) is 18.2 Å². The largest absolute Gasteiger partial charge is 0.488 e. The van der Waals surface area contributed by atoms with E-state index in [0.29, 0.717) is 12.2 Å². The van der Waals surface area contributed by atoms with Crippen molar-refractivity contribution in [1.29, 1.82) is 0 Å². The van der Waals surface area contributed by atoms with Gasteiger partial charge in [-0.05, 0) is 51.8 Å². The van der Waals surface area contributed by atoms with Crippen LogP contribution in [0.4, 0.5) is 10.1 Å². The van der Waals surface area contributed by atoms with Crippen molar-refractivity contribution in [2.45, 2.75) is 12.5 Å². The SMILES string of the molecule is Fc1cccc(Br)c1NCC1Cc2cc(Br)ccc2O1. The molecule has 0 spiro atoms. The molecule has 1 N–H and O–H groups in total. The van der Waals surface area contributed by atoms with E-state index in [9.17, 15) is 4.39 Å². The highest BCUT2D eigenvalue weighted by molar-refractivity contribution is 9.10. The van der Waals surface area contributed by atoms with Gasteiger partial charge in [0.15, 0.2) is 0 Å². The average Bonchev–Trinajstić information content (AvgIpc) is 2.80. The monoisotopic (exact) mass is 399 g/mol. The molecule has 0 bridgehead atoms. The van der Waals surface area contributed by atoms with Crippen LogP contribution in [0.1, 0.15) is 5.56 Å².